The molecule has 0 aromatic heterocycles. The van der Waals surface area contributed by atoms with Crippen molar-refractivity contribution in [1.82, 2.24) is 9.80 Å². The summed E-state index contributed by atoms with van der Waals surface area (Å²) in [7, 11) is -7.79. The zero-order valence-electron chi connectivity index (χ0n) is 37.0. The first kappa shape index (κ1) is 48.6. The lowest BCUT2D eigenvalue weighted by molar-refractivity contribution is 0.0243. The standard InChI is InChI=1S/C47H64N4O8S2/c1-38-24-28-42(29-25-38)60(54,55)50(40-20-12-9-13-21-40)36-18-34-48(44(52)58-46(3,4)5)32-16-11-17-33-49(45(53)59-47(6,7)8)35-19-37-51(41-22-14-10-15-23-41)61(56,57)43-30-26-39(2)27-31-43/h9-10,12-15,20-31H,11,16-19,32-37H2,1-8H3. The van der Waals surface area contributed by atoms with Gasteiger partial charge in [-0.25, -0.2) is 26.4 Å². The van der Waals surface area contributed by atoms with Crippen molar-refractivity contribution >= 4 is 43.6 Å². The molecule has 4 aromatic carbocycles. The van der Waals surface area contributed by atoms with Crippen molar-refractivity contribution in [3.05, 3.63) is 120 Å². The minimum atomic E-state index is -3.89. The van der Waals surface area contributed by atoms with Crippen LogP contribution in [-0.2, 0) is 29.5 Å². The first-order valence-electron chi connectivity index (χ1n) is 20.9. The second-order valence-corrected chi connectivity index (χ2v) is 20.9. The number of carbonyl (C=O) groups excluding carboxylic acids is 2. The van der Waals surface area contributed by atoms with Crippen LogP contribution in [0, 0.1) is 13.8 Å². The van der Waals surface area contributed by atoms with E-state index in [0.717, 1.165) is 11.1 Å². The molecule has 12 nitrogen and oxygen atoms in total. The molecule has 0 atom stereocenters. The van der Waals surface area contributed by atoms with Gasteiger partial charge < -0.3 is 19.3 Å². The lowest BCUT2D eigenvalue weighted by atomic mass is 10.2. The summed E-state index contributed by atoms with van der Waals surface area (Å²) in [6.45, 7) is 16.1. The molecule has 0 N–H and O–H groups in total. The molecule has 2 amide bonds. The van der Waals surface area contributed by atoms with Gasteiger partial charge in [-0.15, -0.1) is 0 Å². The summed E-state index contributed by atoms with van der Waals surface area (Å²) < 4.78 is 69.9. The van der Waals surface area contributed by atoms with Crippen LogP contribution in [0.5, 0.6) is 0 Å². The molecule has 0 saturated carbocycles. The summed E-state index contributed by atoms with van der Waals surface area (Å²) in [4.78, 5) is 30.5. The number of unbranched alkanes of at least 4 members (excludes halogenated alkanes) is 2. The molecule has 332 valence electrons. The molecule has 0 radical (unpaired) electrons. The normalized spacial score (nSPS) is 12.1. The van der Waals surface area contributed by atoms with Crippen LogP contribution >= 0.6 is 0 Å². The van der Waals surface area contributed by atoms with Gasteiger partial charge in [0.05, 0.1) is 21.2 Å². The minimum Gasteiger partial charge on any atom is -0.444 e. The Balaban J connectivity index is 1.42. The highest BCUT2D eigenvalue weighted by Crippen LogP contribution is 2.26. The van der Waals surface area contributed by atoms with Crippen molar-refractivity contribution in [3.8, 4) is 0 Å². The number of aryl methyl sites for hydroxylation is 2. The lowest BCUT2D eigenvalue weighted by Crippen LogP contribution is -2.40. The maximum absolute atomic E-state index is 13.9. The molecule has 0 fully saturated rings. The predicted molar refractivity (Wildman–Crippen MR) is 243 cm³/mol. The molecule has 0 saturated heterocycles. The molecule has 0 unspecified atom stereocenters. The average Bonchev–Trinajstić information content (AvgIpc) is 3.18. The summed E-state index contributed by atoms with van der Waals surface area (Å²) in [5.41, 5.74) is 1.50. The Morgan fingerprint density at radius 2 is 0.754 bits per heavy atom. The van der Waals surface area contributed by atoms with E-state index in [4.69, 9.17) is 9.47 Å². The van der Waals surface area contributed by atoms with Crippen LogP contribution in [0.3, 0.4) is 0 Å². The van der Waals surface area contributed by atoms with Gasteiger partial charge in [0.25, 0.3) is 20.0 Å². The molecule has 0 bridgehead atoms. The van der Waals surface area contributed by atoms with Gasteiger partial charge in [-0.1, -0.05) is 71.8 Å². The number of nitrogens with zero attached hydrogens (tertiary/aromatic N) is 4. The van der Waals surface area contributed by atoms with E-state index in [1.807, 2.05) is 26.0 Å². The molecule has 0 aliphatic rings. The third-order valence-corrected chi connectivity index (χ3v) is 13.2. The summed E-state index contributed by atoms with van der Waals surface area (Å²) in [6.07, 6.45) is 1.59. The number of amides is 2. The van der Waals surface area contributed by atoms with Crippen molar-refractivity contribution in [1.29, 1.82) is 0 Å². The number of ether oxygens (including phenoxy) is 2. The van der Waals surface area contributed by atoms with Gasteiger partial charge in [0.2, 0.25) is 0 Å². The fourth-order valence-electron chi connectivity index (χ4n) is 6.47. The molecule has 0 heterocycles. The van der Waals surface area contributed by atoms with Crippen LogP contribution in [0.25, 0.3) is 0 Å². The third kappa shape index (κ3) is 15.1. The molecule has 14 heteroatoms. The Morgan fingerprint density at radius 1 is 0.443 bits per heavy atom. The number of benzene rings is 4. The first-order chi connectivity index (χ1) is 28.7. The lowest BCUT2D eigenvalue weighted by Gasteiger charge is -2.30. The highest BCUT2D eigenvalue weighted by Gasteiger charge is 2.29. The highest BCUT2D eigenvalue weighted by atomic mass is 32.2. The average molecular weight is 877 g/mol. The van der Waals surface area contributed by atoms with Gasteiger partial charge in [-0.05, 0) is 136 Å². The fraction of sp³-hybridized carbons (Fsp3) is 0.447. The largest absolute Gasteiger partial charge is 0.444 e. The fourth-order valence-corrected chi connectivity index (χ4v) is 9.48. The molecule has 0 aliphatic carbocycles. The van der Waals surface area contributed by atoms with Crippen LogP contribution in [0.4, 0.5) is 21.0 Å². The molecule has 61 heavy (non-hydrogen) atoms. The van der Waals surface area contributed by atoms with Crippen LogP contribution in [0.2, 0.25) is 0 Å². The maximum Gasteiger partial charge on any atom is 0.410 e. The second-order valence-electron chi connectivity index (χ2n) is 17.2. The van der Waals surface area contributed by atoms with E-state index in [2.05, 4.69) is 0 Å². The molecular formula is C47H64N4O8S2. The van der Waals surface area contributed by atoms with Crippen molar-refractivity contribution < 1.29 is 35.9 Å². The zero-order valence-corrected chi connectivity index (χ0v) is 38.7. The van der Waals surface area contributed by atoms with Crippen LogP contribution in [0.15, 0.2) is 119 Å². The Bertz CT molecular complexity index is 2050. The van der Waals surface area contributed by atoms with E-state index in [1.54, 1.807) is 148 Å². The molecule has 0 aliphatic heterocycles. The third-order valence-electron chi connectivity index (χ3n) is 9.54. The van der Waals surface area contributed by atoms with Gasteiger partial charge in [0.1, 0.15) is 11.2 Å². The van der Waals surface area contributed by atoms with E-state index >= 15 is 0 Å². The van der Waals surface area contributed by atoms with E-state index < -0.39 is 43.4 Å². The number of para-hydroxylation sites is 2. The summed E-state index contributed by atoms with van der Waals surface area (Å²) in [6, 6.07) is 31.4. The van der Waals surface area contributed by atoms with Gasteiger partial charge in [0, 0.05) is 39.3 Å². The zero-order chi connectivity index (χ0) is 44.8. The Labute approximate surface area is 364 Å². The minimum absolute atomic E-state index is 0.137. The number of hydrogen-bond acceptors (Lipinski definition) is 8. The van der Waals surface area contributed by atoms with E-state index in [1.165, 1.54) is 8.61 Å². The Morgan fingerprint density at radius 3 is 1.07 bits per heavy atom. The van der Waals surface area contributed by atoms with Crippen LogP contribution in [0.1, 0.15) is 84.8 Å². The number of hydrogen-bond donors (Lipinski definition) is 0. The van der Waals surface area contributed by atoms with Gasteiger partial charge >= 0.3 is 12.2 Å². The number of rotatable bonds is 20. The summed E-state index contributed by atoms with van der Waals surface area (Å²) in [5, 5.41) is 0. The maximum atomic E-state index is 13.9. The first-order valence-corrected chi connectivity index (χ1v) is 23.8. The molecule has 4 aromatic rings. The Hall–Kier alpha value is -5.08. The van der Waals surface area contributed by atoms with Crippen molar-refractivity contribution in [2.75, 3.05) is 47.9 Å². The number of carbonyl (C=O) groups is 2. The Kier molecular flexibility index (Phi) is 17.2. The van der Waals surface area contributed by atoms with Crippen LogP contribution < -0.4 is 8.61 Å². The highest BCUT2D eigenvalue weighted by molar-refractivity contribution is 7.93. The second kappa shape index (κ2) is 21.6. The predicted octanol–water partition coefficient (Wildman–Crippen LogP) is 9.82. The van der Waals surface area contributed by atoms with Crippen molar-refractivity contribution in [2.45, 2.75) is 108 Å². The molecule has 4 rings (SSSR count). The number of anilines is 2. The van der Waals surface area contributed by atoms with E-state index in [9.17, 15) is 26.4 Å². The quantitative estimate of drug-likeness (QED) is 0.0802. The number of sulfonamides is 2. The summed E-state index contributed by atoms with van der Waals surface area (Å²) in [5.74, 6) is 0. The smallest absolute Gasteiger partial charge is 0.410 e. The van der Waals surface area contributed by atoms with Crippen molar-refractivity contribution in [2.24, 2.45) is 0 Å². The van der Waals surface area contributed by atoms with E-state index in [0.29, 0.717) is 56.6 Å². The van der Waals surface area contributed by atoms with Gasteiger partial charge in [-0.3, -0.25) is 8.61 Å². The molecule has 0 spiro atoms. The SMILES string of the molecule is Cc1ccc(S(=O)(=O)N(CCCN(CCCCCN(CCCN(c2ccccc2)S(=O)(=O)c2ccc(C)cc2)C(=O)OC(C)(C)C)C(=O)OC(C)(C)C)c2ccccc2)cc1. The van der Waals surface area contributed by atoms with Crippen molar-refractivity contribution in [3.63, 3.8) is 0 Å². The summed E-state index contributed by atoms with van der Waals surface area (Å²) >= 11 is 0. The monoisotopic (exact) mass is 876 g/mol. The van der Waals surface area contributed by atoms with Gasteiger partial charge in [0.15, 0.2) is 0 Å². The van der Waals surface area contributed by atoms with Crippen LogP contribution in [-0.4, -0.2) is 89.3 Å². The topological polar surface area (TPSA) is 134 Å². The van der Waals surface area contributed by atoms with E-state index in [-0.39, 0.29) is 36.0 Å². The molecular weight excluding hydrogens is 813 g/mol. The van der Waals surface area contributed by atoms with Gasteiger partial charge in [-0.2, -0.15) is 0 Å².